The van der Waals surface area contributed by atoms with Crippen molar-refractivity contribution in [2.45, 2.75) is 81.9 Å². The number of halogens is 1. The second kappa shape index (κ2) is 6.81. The largest absolute Gasteiger partial charge is 0.375 e. The molecule has 0 spiro atoms. The Kier molecular flexibility index (Phi) is 4.28. The molecular formula is C25H31FN2O2. The number of rotatable bonds is 6. The predicted octanol–water partition coefficient (Wildman–Crippen LogP) is 5.14. The molecule has 5 fully saturated rings. The van der Waals surface area contributed by atoms with E-state index in [1.165, 1.54) is 25.3 Å². The molecule has 0 radical (unpaired) electrons. The Hall–Kier alpha value is -1.88. The smallest absolute Gasteiger partial charge is 0.223 e. The number of fused-ring (bicyclic) bond motifs is 1. The molecule has 4 bridgehead atoms. The highest BCUT2D eigenvalue weighted by Crippen LogP contribution is 2.54. The molecule has 2 aromatic rings. The van der Waals surface area contributed by atoms with Crippen LogP contribution in [0.2, 0.25) is 0 Å². The summed E-state index contributed by atoms with van der Waals surface area (Å²) in [6.07, 6.45) is 10.4. The molecule has 5 heteroatoms. The van der Waals surface area contributed by atoms with E-state index in [9.17, 15) is 9.18 Å². The molecule has 3 aliphatic carbocycles. The van der Waals surface area contributed by atoms with Crippen LogP contribution in [0.5, 0.6) is 0 Å². The van der Waals surface area contributed by atoms with Crippen LogP contribution in [-0.2, 0) is 9.53 Å². The van der Waals surface area contributed by atoms with E-state index in [-0.39, 0.29) is 23.2 Å². The minimum absolute atomic E-state index is 0.0135. The van der Waals surface area contributed by atoms with Crippen molar-refractivity contribution in [1.29, 1.82) is 0 Å². The monoisotopic (exact) mass is 410 g/mol. The minimum atomic E-state index is -0.215. The number of carbonyl (C=O) groups excluding carboxylic acids is 1. The normalized spacial score (nSPS) is 33.4. The van der Waals surface area contributed by atoms with E-state index in [4.69, 9.17) is 4.74 Å². The van der Waals surface area contributed by atoms with E-state index >= 15 is 0 Å². The number of piperidine rings is 2. The van der Waals surface area contributed by atoms with Crippen LogP contribution in [0.25, 0.3) is 10.9 Å². The van der Waals surface area contributed by atoms with Gasteiger partial charge in [-0.15, -0.1) is 0 Å². The molecule has 7 rings (SSSR count). The van der Waals surface area contributed by atoms with Crippen LogP contribution in [0.15, 0.2) is 24.4 Å². The summed E-state index contributed by atoms with van der Waals surface area (Å²) in [5.41, 5.74) is 1.74. The molecule has 1 amide bonds. The number of carbonyl (C=O) groups is 1. The molecule has 1 aromatic carbocycles. The van der Waals surface area contributed by atoms with Gasteiger partial charge in [-0.3, -0.25) is 4.79 Å². The highest BCUT2D eigenvalue weighted by atomic mass is 19.1. The molecule has 2 saturated heterocycles. The lowest BCUT2D eigenvalue weighted by Crippen LogP contribution is -2.66. The lowest BCUT2D eigenvalue weighted by molar-refractivity contribution is -0.193. The Labute approximate surface area is 177 Å². The topological polar surface area (TPSA) is 45.3 Å². The SMILES string of the molecule is CC(CC(=O)N1C2CC3CC1CC(OCC1CC1)(C3)C2)c1c[nH]c2cccc(F)c12. The predicted molar refractivity (Wildman–Crippen MR) is 114 cm³/mol. The molecule has 2 aliphatic heterocycles. The van der Waals surface area contributed by atoms with E-state index in [2.05, 4.69) is 9.88 Å². The Morgan fingerprint density at radius 2 is 2.03 bits per heavy atom. The van der Waals surface area contributed by atoms with Crippen molar-refractivity contribution in [2.24, 2.45) is 11.8 Å². The van der Waals surface area contributed by atoms with E-state index in [0.29, 0.717) is 29.8 Å². The number of amides is 1. The summed E-state index contributed by atoms with van der Waals surface area (Å²) >= 11 is 0. The second-order valence-corrected chi connectivity index (χ2v) is 10.5. The summed E-state index contributed by atoms with van der Waals surface area (Å²) < 4.78 is 20.9. The third-order valence-corrected chi connectivity index (χ3v) is 8.18. The molecular weight excluding hydrogens is 379 g/mol. The maximum Gasteiger partial charge on any atom is 0.223 e. The molecule has 3 heterocycles. The Bertz CT molecular complexity index is 965. The van der Waals surface area contributed by atoms with Gasteiger partial charge in [-0.25, -0.2) is 4.39 Å². The first kappa shape index (κ1) is 18.9. The molecule has 3 unspecified atom stereocenters. The number of benzene rings is 1. The van der Waals surface area contributed by atoms with Gasteiger partial charge in [-0.2, -0.15) is 0 Å². The number of ether oxygens (including phenoxy) is 1. The Balaban J connectivity index is 1.18. The van der Waals surface area contributed by atoms with Gasteiger partial charge < -0.3 is 14.6 Å². The van der Waals surface area contributed by atoms with Crippen molar-refractivity contribution in [2.75, 3.05) is 6.61 Å². The van der Waals surface area contributed by atoms with Gasteiger partial charge in [0, 0.05) is 35.6 Å². The summed E-state index contributed by atoms with van der Waals surface area (Å²) in [6, 6.07) is 5.76. The van der Waals surface area contributed by atoms with Crippen molar-refractivity contribution in [3.05, 3.63) is 35.8 Å². The fraction of sp³-hybridized carbons (Fsp3) is 0.640. The number of hydrogen-bond donors (Lipinski definition) is 1. The number of nitrogens with zero attached hydrogens (tertiary/aromatic N) is 1. The summed E-state index contributed by atoms with van der Waals surface area (Å²) in [4.78, 5) is 18.8. The van der Waals surface area contributed by atoms with Crippen LogP contribution in [-0.4, -0.2) is 40.1 Å². The molecule has 5 aliphatic rings. The lowest BCUT2D eigenvalue weighted by Gasteiger charge is -2.61. The number of aromatic amines is 1. The van der Waals surface area contributed by atoms with Gasteiger partial charge in [-0.1, -0.05) is 13.0 Å². The third kappa shape index (κ3) is 3.08. The average molecular weight is 411 g/mol. The summed E-state index contributed by atoms with van der Waals surface area (Å²) in [5, 5.41) is 0.630. The molecule has 4 nitrogen and oxygen atoms in total. The molecule has 1 N–H and O–H groups in total. The van der Waals surface area contributed by atoms with Gasteiger partial charge in [0.05, 0.1) is 12.2 Å². The second-order valence-electron chi connectivity index (χ2n) is 10.5. The highest BCUT2D eigenvalue weighted by Gasteiger charge is 2.56. The maximum absolute atomic E-state index is 14.4. The zero-order valence-corrected chi connectivity index (χ0v) is 17.7. The first-order chi connectivity index (χ1) is 14.5. The van der Waals surface area contributed by atoms with Gasteiger partial charge in [-0.05, 0) is 80.4 Å². The van der Waals surface area contributed by atoms with Crippen LogP contribution in [0.1, 0.15) is 69.8 Å². The fourth-order valence-electron chi connectivity index (χ4n) is 6.75. The number of hydrogen-bond acceptors (Lipinski definition) is 2. The van der Waals surface area contributed by atoms with Gasteiger partial charge >= 0.3 is 0 Å². The van der Waals surface area contributed by atoms with Crippen LogP contribution in [0.3, 0.4) is 0 Å². The molecule has 3 saturated carbocycles. The first-order valence-corrected chi connectivity index (χ1v) is 11.7. The third-order valence-electron chi connectivity index (χ3n) is 8.18. The number of H-pyrrole nitrogens is 1. The highest BCUT2D eigenvalue weighted by molar-refractivity contribution is 5.86. The Morgan fingerprint density at radius 3 is 2.77 bits per heavy atom. The zero-order chi connectivity index (χ0) is 20.5. The number of nitrogens with one attached hydrogen (secondary N) is 1. The van der Waals surface area contributed by atoms with Crippen molar-refractivity contribution in [3.8, 4) is 0 Å². The summed E-state index contributed by atoms with van der Waals surface area (Å²) in [7, 11) is 0. The quantitative estimate of drug-likeness (QED) is 0.717. The lowest BCUT2D eigenvalue weighted by atomic mass is 9.61. The van der Waals surface area contributed by atoms with E-state index in [0.717, 1.165) is 49.3 Å². The Morgan fingerprint density at radius 1 is 1.27 bits per heavy atom. The minimum Gasteiger partial charge on any atom is -0.375 e. The summed E-state index contributed by atoms with van der Waals surface area (Å²) in [5.74, 6) is 1.51. The zero-order valence-electron chi connectivity index (χ0n) is 17.7. The van der Waals surface area contributed by atoms with Gasteiger partial charge in [0.25, 0.3) is 0 Å². The van der Waals surface area contributed by atoms with Crippen LogP contribution in [0.4, 0.5) is 4.39 Å². The molecule has 30 heavy (non-hydrogen) atoms. The maximum atomic E-state index is 14.4. The van der Waals surface area contributed by atoms with Crippen molar-refractivity contribution < 1.29 is 13.9 Å². The average Bonchev–Trinajstić information content (AvgIpc) is 3.42. The van der Waals surface area contributed by atoms with Gasteiger partial charge in [0.1, 0.15) is 5.82 Å². The van der Waals surface area contributed by atoms with Crippen LogP contribution < -0.4 is 0 Å². The van der Waals surface area contributed by atoms with Crippen LogP contribution in [0, 0.1) is 17.7 Å². The van der Waals surface area contributed by atoms with E-state index in [1.807, 2.05) is 19.2 Å². The standard InChI is InChI=1S/C25H31FN2O2/c1-15(20-13-27-22-4-2-3-21(26)24(20)22)7-23(29)28-18-8-17-9-19(28)12-25(10-17,11-18)30-14-16-5-6-16/h2-4,13,15-19,27H,5-12,14H2,1H3. The van der Waals surface area contributed by atoms with Crippen LogP contribution >= 0.6 is 0 Å². The summed E-state index contributed by atoms with van der Waals surface area (Å²) in [6.45, 7) is 2.97. The van der Waals surface area contributed by atoms with Crippen molar-refractivity contribution in [1.82, 2.24) is 9.88 Å². The molecule has 1 aromatic heterocycles. The number of aromatic nitrogens is 1. The van der Waals surface area contributed by atoms with E-state index in [1.54, 1.807) is 6.07 Å². The van der Waals surface area contributed by atoms with Gasteiger partial charge in [0.15, 0.2) is 0 Å². The van der Waals surface area contributed by atoms with Crippen molar-refractivity contribution >= 4 is 16.8 Å². The van der Waals surface area contributed by atoms with E-state index < -0.39 is 0 Å². The first-order valence-electron chi connectivity index (χ1n) is 11.7. The van der Waals surface area contributed by atoms with Gasteiger partial charge in [0.2, 0.25) is 5.91 Å². The molecule has 3 atom stereocenters. The van der Waals surface area contributed by atoms with Crippen molar-refractivity contribution in [3.63, 3.8) is 0 Å². The molecule has 160 valence electrons. The fourth-order valence-corrected chi connectivity index (χ4v) is 6.75.